The summed E-state index contributed by atoms with van der Waals surface area (Å²) in [6.07, 6.45) is -1.77. The smallest absolute Gasteiger partial charge is 0.303 e. The first-order valence-electron chi connectivity index (χ1n) is 26.2. The number of carbonyl (C=O) groups excluding carboxylic acids is 7. The molecule has 0 radical (unpaired) electrons. The van der Waals surface area contributed by atoms with Crippen LogP contribution < -0.4 is 0 Å². The number of hydrogen-bond acceptors (Lipinski definition) is 18. The molecule has 18 heteroatoms. The van der Waals surface area contributed by atoms with Gasteiger partial charge >= 0.3 is 41.8 Å². The zero-order valence-electron chi connectivity index (χ0n) is 44.1. The topological polar surface area (TPSA) is 221 Å². The van der Waals surface area contributed by atoms with Crippen molar-refractivity contribution in [1.82, 2.24) is 0 Å². The van der Waals surface area contributed by atoms with Crippen molar-refractivity contribution in [3.8, 4) is 0 Å². The lowest BCUT2D eigenvalue weighted by Gasteiger charge is -2.61. The maximum absolute atomic E-state index is 13.1. The predicted octanol–water partition coefficient (Wildman–Crippen LogP) is 7.11. The van der Waals surface area contributed by atoms with Gasteiger partial charge in [0.25, 0.3) is 0 Å². The molecule has 0 aromatic heterocycles. The second-order valence-corrected chi connectivity index (χ2v) is 22.4. The Hall–Kier alpha value is -3.87. The van der Waals surface area contributed by atoms with Crippen molar-refractivity contribution in [2.75, 3.05) is 13.2 Å². The summed E-state index contributed by atoms with van der Waals surface area (Å²) >= 11 is 0. The number of fused-ring (bicyclic) bond motifs is 5. The molecule has 6 rings (SSSR count). The predicted molar refractivity (Wildman–Crippen MR) is 251 cm³/mol. The number of rotatable bonds is 18. The molecule has 4 saturated carbocycles. The van der Waals surface area contributed by atoms with Gasteiger partial charge in [-0.05, 0) is 110 Å². The third kappa shape index (κ3) is 13.5. The van der Waals surface area contributed by atoms with Crippen LogP contribution in [0.1, 0.15) is 160 Å². The van der Waals surface area contributed by atoms with Crippen LogP contribution in [-0.2, 0) is 85.7 Å². The Morgan fingerprint density at radius 2 is 0.986 bits per heavy atom. The molecule has 4 aliphatic carbocycles. The molecule has 0 amide bonds. The van der Waals surface area contributed by atoms with Crippen molar-refractivity contribution in [3.05, 3.63) is 0 Å². The van der Waals surface area contributed by atoms with Crippen molar-refractivity contribution in [3.63, 3.8) is 0 Å². The molecule has 71 heavy (non-hydrogen) atoms. The van der Waals surface area contributed by atoms with Gasteiger partial charge in [0.15, 0.2) is 43.1 Å². The Morgan fingerprint density at radius 3 is 1.52 bits per heavy atom. The number of hydrogen-bond donors (Lipinski definition) is 0. The van der Waals surface area contributed by atoms with E-state index in [1.54, 1.807) is 0 Å². The van der Waals surface area contributed by atoms with E-state index in [-0.39, 0.29) is 11.5 Å². The van der Waals surface area contributed by atoms with E-state index >= 15 is 0 Å². The van der Waals surface area contributed by atoms with E-state index in [1.807, 2.05) is 0 Å². The lowest BCUT2D eigenvalue weighted by Crippen LogP contribution is -2.67. The van der Waals surface area contributed by atoms with Gasteiger partial charge in [0.05, 0.1) is 6.10 Å². The van der Waals surface area contributed by atoms with Gasteiger partial charge in [0, 0.05) is 48.5 Å². The van der Waals surface area contributed by atoms with Crippen LogP contribution in [0.3, 0.4) is 0 Å². The van der Waals surface area contributed by atoms with E-state index in [9.17, 15) is 33.6 Å². The van der Waals surface area contributed by atoms with E-state index in [2.05, 4.69) is 34.6 Å². The second kappa shape index (κ2) is 24.0. The number of ether oxygens (including phenoxy) is 11. The molecule has 0 N–H and O–H groups in total. The summed E-state index contributed by atoms with van der Waals surface area (Å²) < 4.78 is 65.6. The molecule has 18 unspecified atom stereocenters. The highest BCUT2D eigenvalue weighted by molar-refractivity contribution is 5.69. The average molecular weight is 1010 g/mol. The van der Waals surface area contributed by atoms with Crippen LogP contribution in [0.25, 0.3) is 0 Å². The summed E-state index contributed by atoms with van der Waals surface area (Å²) in [5.74, 6) is -0.890. The van der Waals surface area contributed by atoms with Crippen molar-refractivity contribution < 1.29 is 85.7 Å². The Balaban J connectivity index is 1.26. The normalized spacial score (nSPS) is 39.1. The lowest BCUT2D eigenvalue weighted by molar-refractivity contribution is -0.365. The number of carbonyl (C=O) groups is 7. The maximum Gasteiger partial charge on any atom is 0.303 e. The highest BCUT2D eigenvalue weighted by atomic mass is 16.8. The van der Waals surface area contributed by atoms with Crippen molar-refractivity contribution in [2.24, 2.45) is 52.3 Å². The van der Waals surface area contributed by atoms with E-state index < -0.39 is 116 Å². The summed E-state index contributed by atoms with van der Waals surface area (Å²) in [7, 11) is 0. The van der Waals surface area contributed by atoms with Gasteiger partial charge in [-0.2, -0.15) is 0 Å². The number of esters is 7. The maximum atomic E-state index is 13.1. The van der Waals surface area contributed by atoms with E-state index in [0.717, 1.165) is 77.6 Å². The quantitative estimate of drug-likeness (QED) is 0.0758. The standard InChI is InChI=1S/C53H82O18/c1-27(2)14-13-15-28(3)39-18-19-40-38-17-16-36-24-37(20-22-52(36,11)41(38)21-23-53(39,40)12)68-50-48(66-34(9)59)47(65-33(8)58)45(43(69-50)26-62-30(5)55)71-51-49(67-35(10)60)46(64-32(7)57)44(63-31(6)56)42(70-51)25-61-29(4)54/h27-28,36-51H,13-26H2,1-12H3/t28?,36-,37?,38?,39?,40?,41?,42?,43?,44?,45?,46?,47?,48?,49?,50?,51?,52?,53?/m0/s1. The lowest BCUT2D eigenvalue weighted by atomic mass is 9.44. The molecule has 2 heterocycles. The first kappa shape index (κ1) is 56.4. The minimum Gasteiger partial charge on any atom is -0.463 e. The Kier molecular flexibility index (Phi) is 19.1. The molecule has 2 saturated heterocycles. The first-order valence-corrected chi connectivity index (χ1v) is 26.2. The second-order valence-electron chi connectivity index (χ2n) is 22.4. The summed E-state index contributed by atoms with van der Waals surface area (Å²) in [5, 5.41) is 0. The van der Waals surface area contributed by atoms with Crippen LogP contribution in [0.4, 0.5) is 0 Å². The molecule has 0 bridgehead atoms. The fourth-order valence-corrected chi connectivity index (χ4v) is 14.1. The molecular weight excluding hydrogens is 925 g/mol. The molecule has 6 fully saturated rings. The Morgan fingerprint density at radius 1 is 0.507 bits per heavy atom. The summed E-state index contributed by atoms with van der Waals surface area (Å²) in [6.45, 7) is 19.1. The van der Waals surface area contributed by atoms with Crippen LogP contribution in [0, 0.1) is 52.3 Å². The van der Waals surface area contributed by atoms with E-state index in [1.165, 1.54) is 65.2 Å². The first-order chi connectivity index (χ1) is 33.4. The molecule has 18 nitrogen and oxygen atoms in total. The summed E-state index contributed by atoms with van der Waals surface area (Å²) in [5.41, 5.74) is 0.496. The van der Waals surface area contributed by atoms with Crippen LogP contribution in [0.2, 0.25) is 0 Å². The fourth-order valence-electron chi connectivity index (χ4n) is 14.1. The zero-order valence-corrected chi connectivity index (χ0v) is 44.1. The zero-order chi connectivity index (χ0) is 52.1. The van der Waals surface area contributed by atoms with Gasteiger partial charge in [-0.15, -0.1) is 0 Å². The van der Waals surface area contributed by atoms with Gasteiger partial charge < -0.3 is 52.1 Å². The van der Waals surface area contributed by atoms with Crippen LogP contribution in [0.5, 0.6) is 0 Å². The van der Waals surface area contributed by atoms with Crippen LogP contribution in [-0.4, -0.2) is 123 Å². The van der Waals surface area contributed by atoms with Gasteiger partial charge in [-0.3, -0.25) is 33.6 Å². The van der Waals surface area contributed by atoms with Gasteiger partial charge in [0.2, 0.25) is 0 Å². The summed E-state index contributed by atoms with van der Waals surface area (Å²) in [4.78, 5) is 88.1. The highest BCUT2D eigenvalue weighted by Gasteiger charge is 2.62. The van der Waals surface area contributed by atoms with Crippen molar-refractivity contribution in [1.29, 1.82) is 0 Å². The molecule has 0 spiro atoms. The molecule has 2 aliphatic heterocycles. The minimum absolute atomic E-state index is 0.120. The third-order valence-corrected chi connectivity index (χ3v) is 17.0. The Bertz CT molecular complexity index is 1900. The van der Waals surface area contributed by atoms with Crippen LogP contribution in [0.15, 0.2) is 0 Å². The summed E-state index contributed by atoms with van der Waals surface area (Å²) in [6, 6.07) is 0. The van der Waals surface area contributed by atoms with E-state index in [0.29, 0.717) is 29.6 Å². The van der Waals surface area contributed by atoms with Gasteiger partial charge in [-0.1, -0.05) is 53.9 Å². The molecule has 0 aromatic carbocycles. The molecule has 402 valence electrons. The van der Waals surface area contributed by atoms with Crippen molar-refractivity contribution in [2.45, 2.75) is 228 Å². The average Bonchev–Trinajstić information content (AvgIpc) is 3.62. The van der Waals surface area contributed by atoms with Gasteiger partial charge in [0.1, 0.15) is 31.5 Å². The van der Waals surface area contributed by atoms with Gasteiger partial charge in [-0.25, -0.2) is 0 Å². The third-order valence-electron chi connectivity index (χ3n) is 17.0. The fraction of sp³-hybridized carbons (Fsp3) is 0.868. The molecule has 6 aliphatic rings. The highest BCUT2D eigenvalue weighted by Crippen LogP contribution is 2.68. The Labute approximate surface area is 419 Å². The van der Waals surface area contributed by atoms with Crippen molar-refractivity contribution >= 4 is 41.8 Å². The minimum atomic E-state index is -1.77. The van der Waals surface area contributed by atoms with E-state index in [4.69, 9.17) is 52.1 Å². The largest absolute Gasteiger partial charge is 0.463 e. The SMILES string of the molecule is CC(=O)OCC1OC(OC2C(COC(C)=O)OC(OC3CCC4(C)C5CCC6(C)C(C(C)CCCC(C)C)CCC6C5CC[C@H]4C3)C(OC(C)=O)C2OC(C)=O)C(OC(C)=O)C(OC(C)=O)C1OC(C)=O. The monoisotopic (exact) mass is 1010 g/mol. The molecular formula is C53H82O18. The molecule has 0 aromatic rings. The van der Waals surface area contributed by atoms with Crippen LogP contribution >= 0.6 is 0 Å². The molecule has 19 atom stereocenters.